The van der Waals surface area contributed by atoms with Crippen LogP contribution in [0.15, 0.2) is 54.6 Å². The van der Waals surface area contributed by atoms with Crippen molar-refractivity contribution >= 4 is 0 Å². The number of fused-ring (bicyclic) bond motifs is 1. The molecule has 7 nitrogen and oxygen atoms in total. The summed E-state index contributed by atoms with van der Waals surface area (Å²) in [4.78, 5) is 0. The average molecular weight is 337 g/mol. The van der Waals surface area contributed by atoms with E-state index in [1.54, 1.807) is 4.68 Å². The summed E-state index contributed by atoms with van der Waals surface area (Å²) in [6.07, 6.45) is 0.674. The number of aliphatic hydroxyl groups is 1. The minimum atomic E-state index is -0.567. The molecule has 0 saturated carbocycles. The maximum Gasteiger partial charge on any atom is 0.170 e. The van der Waals surface area contributed by atoms with Crippen LogP contribution in [0.1, 0.15) is 17.8 Å². The molecule has 1 unspecified atom stereocenters. The van der Waals surface area contributed by atoms with E-state index in [0.29, 0.717) is 25.4 Å². The molecule has 4 rings (SSSR count). The first-order chi connectivity index (χ1) is 12.3. The molecule has 0 amide bonds. The number of aliphatic hydroxyl groups excluding tert-OH is 1. The van der Waals surface area contributed by atoms with Crippen LogP contribution in [0.3, 0.4) is 0 Å². The summed E-state index contributed by atoms with van der Waals surface area (Å²) in [5.74, 6) is 1.49. The van der Waals surface area contributed by atoms with Crippen molar-refractivity contribution in [3.8, 4) is 11.4 Å². The Bertz CT molecular complexity index is 851. The highest BCUT2D eigenvalue weighted by Crippen LogP contribution is 2.36. The molecular weight excluding hydrogens is 318 g/mol. The van der Waals surface area contributed by atoms with Gasteiger partial charge in [0.2, 0.25) is 0 Å². The zero-order chi connectivity index (χ0) is 17.1. The summed E-state index contributed by atoms with van der Waals surface area (Å²) >= 11 is 0. The zero-order valence-corrected chi connectivity index (χ0v) is 13.7. The monoisotopic (exact) mass is 337 g/mol. The van der Waals surface area contributed by atoms with Gasteiger partial charge in [-0.25, -0.2) is 0 Å². The number of hydrogen-bond donors (Lipinski definition) is 2. The molecule has 0 fully saturated rings. The first-order valence-electron chi connectivity index (χ1n) is 8.23. The summed E-state index contributed by atoms with van der Waals surface area (Å²) in [6.45, 7) is 0.950. The van der Waals surface area contributed by atoms with Crippen molar-refractivity contribution in [3.63, 3.8) is 0 Å². The predicted octanol–water partition coefficient (Wildman–Crippen LogP) is 1.42. The fraction of sp³-hybridized carbons (Fsp3) is 0.278. The molecule has 0 bridgehead atoms. The molecule has 7 heteroatoms. The molecule has 2 N–H and O–H groups in total. The van der Waals surface area contributed by atoms with Crippen LogP contribution in [-0.2, 0) is 12.1 Å². The highest BCUT2D eigenvalue weighted by molar-refractivity contribution is 5.41. The number of benzene rings is 2. The van der Waals surface area contributed by atoms with E-state index in [4.69, 9.17) is 4.74 Å². The van der Waals surface area contributed by atoms with Gasteiger partial charge in [-0.15, -0.1) is 5.10 Å². The fourth-order valence-electron chi connectivity index (χ4n) is 3.20. The summed E-state index contributed by atoms with van der Waals surface area (Å²) in [7, 11) is 0. The van der Waals surface area contributed by atoms with Crippen molar-refractivity contribution in [3.05, 3.63) is 66.0 Å². The third kappa shape index (κ3) is 2.88. The Balaban J connectivity index is 1.61. The molecule has 0 aliphatic carbocycles. The van der Waals surface area contributed by atoms with Gasteiger partial charge in [-0.1, -0.05) is 36.4 Å². The number of nitrogens with zero attached hydrogens (tertiary/aromatic N) is 4. The molecule has 0 spiro atoms. The molecular formula is C18H19N5O2. The van der Waals surface area contributed by atoms with Gasteiger partial charge in [-0.2, -0.15) is 4.68 Å². The van der Waals surface area contributed by atoms with Crippen LogP contribution in [0.2, 0.25) is 0 Å². The molecule has 3 aromatic rings. The largest absolute Gasteiger partial charge is 0.493 e. The second kappa shape index (κ2) is 6.62. The first kappa shape index (κ1) is 15.7. The van der Waals surface area contributed by atoms with Gasteiger partial charge in [0, 0.05) is 12.0 Å². The molecule has 1 aromatic heterocycles. The predicted molar refractivity (Wildman–Crippen MR) is 91.3 cm³/mol. The smallest absolute Gasteiger partial charge is 0.170 e. The number of ether oxygens (including phenoxy) is 1. The van der Waals surface area contributed by atoms with Gasteiger partial charge in [0.15, 0.2) is 5.82 Å². The lowest BCUT2D eigenvalue weighted by Gasteiger charge is -2.38. The normalized spacial score (nSPS) is 19.2. The summed E-state index contributed by atoms with van der Waals surface area (Å²) in [5, 5.41) is 25.6. The van der Waals surface area contributed by atoms with E-state index in [9.17, 15) is 5.11 Å². The fourth-order valence-corrected chi connectivity index (χ4v) is 3.20. The number of aromatic nitrogens is 4. The minimum absolute atomic E-state index is 0.0275. The number of tetrazole rings is 1. The third-order valence-electron chi connectivity index (χ3n) is 4.58. The van der Waals surface area contributed by atoms with Gasteiger partial charge >= 0.3 is 0 Å². The maximum absolute atomic E-state index is 10.1. The third-order valence-corrected chi connectivity index (χ3v) is 4.58. The van der Waals surface area contributed by atoms with E-state index in [1.165, 1.54) is 0 Å². The molecule has 2 aromatic carbocycles. The van der Waals surface area contributed by atoms with Gasteiger partial charge in [-0.3, -0.25) is 5.32 Å². The van der Waals surface area contributed by atoms with Crippen LogP contribution in [0.5, 0.6) is 5.75 Å². The summed E-state index contributed by atoms with van der Waals surface area (Å²) < 4.78 is 7.41. The second-order valence-corrected chi connectivity index (χ2v) is 6.03. The van der Waals surface area contributed by atoms with Gasteiger partial charge in [0.05, 0.1) is 31.0 Å². The highest BCUT2D eigenvalue weighted by Gasteiger charge is 2.37. The van der Waals surface area contributed by atoms with Gasteiger partial charge in [0.1, 0.15) is 5.75 Å². The van der Waals surface area contributed by atoms with Crippen molar-refractivity contribution in [2.24, 2.45) is 0 Å². The highest BCUT2D eigenvalue weighted by atomic mass is 16.5. The van der Waals surface area contributed by atoms with E-state index in [2.05, 4.69) is 20.8 Å². The molecule has 0 saturated heterocycles. The van der Waals surface area contributed by atoms with Gasteiger partial charge in [0.25, 0.3) is 0 Å². The lowest BCUT2D eigenvalue weighted by Crippen LogP contribution is -2.48. The van der Waals surface area contributed by atoms with Crippen molar-refractivity contribution in [1.82, 2.24) is 25.5 Å². The first-order valence-corrected chi connectivity index (χ1v) is 8.23. The molecule has 25 heavy (non-hydrogen) atoms. The molecule has 1 atom stereocenters. The number of nitrogens with one attached hydrogen (secondary N) is 1. The second-order valence-electron chi connectivity index (χ2n) is 6.03. The van der Waals surface area contributed by atoms with E-state index >= 15 is 0 Å². The van der Waals surface area contributed by atoms with Crippen LogP contribution in [0, 0.1) is 0 Å². The van der Waals surface area contributed by atoms with Crippen molar-refractivity contribution < 1.29 is 9.84 Å². The standard InChI is InChI=1S/C18H19N5O2/c24-13-18(10-11-25-16-9-5-4-8-15(16)18)19-12-17-20-21-22-23(17)14-6-2-1-3-7-14/h1-9,19,24H,10-13H2. The Morgan fingerprint density at radius 2 is 1.92 bits per heavy atom. The number of hydrogen-bond acceptors (Lipinski definition) is 6. The van der Waals surface area contributed by atoms with E-state index in [0.717, 1.165) is 17.0 Å². The lowest BCUT2D eigenvalue weighted by molar-refractivity contribution is 0.105. The van der Waals surface area contributed by atoms with E-state index < -0.39 is 5.54 Å². The molecule has 2 heterocycles. The van der Waals surface area contributed by atoms with Crippen molar-refractivity contribution in [2.75, 3.05) is 13.2 Å². The average Bonchev–Trinajstić information content (AvgIpc) is 3.16. The SMILES string of the molecule is OCC1(NCc2nnnn2-c2ccccc2)CCOc2ccccc21. The van der Waals surface area contributed by atoms with Crippen LogP contribution < -0.4 is 10.1 Å². The number of para-hydroxylation sites is 2. The van der Waals surface area contributed by atoms with E-state index in [-0.39, 0.29) is 6.61 Å². The summed E-state index contributed by atoms with van der Waals surface area (Å²) in [5.41, 5.74) is 1.29. The Morgan fingerprint density at radius 1 is 1.12 bits per heavy atom. The Kier molecular flexibility index (Phi) is 4.17. The lowest BCUT2D eigenvalue weighted by atomic mass is 9.85. The Hall–Kier alpha value is -2.77. The summed E-state index contributed by atoms with van der Waals surface area (Å²) in [6, 6.07) is 17.5. The zero-order valence-electron chi connectivity index (χ0n) is 13.7. The number of rotatable bonds is 5. The maximum atomic E-state index is 10.1. The van der Waals surface area contributed by atoms with Crippen LogP contribution in [0.4, 0.5) is 0 Å². The molecule has 128 valence electrons. The minimum Gasteiger partial charge on any atom is -0.493 e. The quantitative estimate of drug-likeness (QED) is 0.732. The van der Waals surface area contributed by atoms with Crippen LogP contribution in [-0.4, -0.2) is 38.5 Å². The Labute approximate surface area is 145 Å². The molecule has 0 radical (unpaired) electrons. The van der Waals surface area contributed by atoms with Crippen molar-refractivity contribution in [2.45, 2.75) is 18.5 Å². The molecule has 1 aliphatic rings. The van der Waals surface area contributed by atoms with Crippen LogP contribution >= 0.6 is 0 Å². The van der Waals surface area contributed by atoms with Gasteiger partial charge < -0.3 is 9.84 Å². The van der Waals surface area contributed by atoms with Gasteiger partial charge in [-0.05, 0) is 28.6 Å². The van der Waals surface area contributed by atoms with E-state index in [1.807, 2.05) is 54.6 Å². The Morgan fingerprint density at radius 3 is 2.76 bits per heavy atom. The molecule has 1 aliphatic heterocycles. The van der Waals surface area contributed by atoms with Crippen LogP contribution in [0.25, 0.3) is 5.69 Å². The van der Waals surface area contributed by atoms with Crippen molar-refractivity contribution in [1.29, 1.82) is 0 Å². The topological polar surface area (TPSA) is 85.1 Å².